The molecule has 0 aromatic heterocycles. The summed E-state index contributed by atoms with van der Waals surface area (Å²) in [5.74, 6) is 0. The van der Waals surface area contributed by atoms with Crippen LogP contribution in [0.25, 0.3) is 0 Å². The maximum Gasteiger partial charge on any atom is 0.347 e. The molecule has 0 atom stereocenters. The molecule has 0 amide bonds. The number of hydrogen-bond acceptors (Lipinski definition) is 3. The standard InChI is InChI=1S/C3H3F2O3PS/c1-10(6,7)8-2-3-9(4)5/h1H3. The molecule has 0 aromatic carbocycles. The highest BCUT2D eigenvalue weighted by atomic mass is 32.2. The molecule has 0 rings (SSSR count). The van der Waals surface area contributed by atoms with Crippen LogP contribution in [0.3, 0.4) is 0 Å². The largest absolute Gasteiger partial charge is 0.347 e. The Labute approximate surface area is 58.5 Å². The zero-order valence-electron chi connectivity index (χ0n) is 4.84. The van der Waals surface area contributed by atoms with Crippen LogP contribution in [0.4, 0.5) is 8.39 Å². The van der Waals surface area contributed by atoms with Gasteiger partial charge in [-0.1, -0.05) is 0 Å². The van der Waals surface area contributed by atoms with Crippen LogP contribution in [-0.2, 0) is 14.3 Å². The van der Waals surface area contributed by atoms with Gasteiger partial charge in [-0.25, -0.2) is 0 Å². The third-order valence-electron chi connectivity index (χ3n) is 0.323. The van der Waals surface area contributed by atoms with E-state index < -0.39 is 18.7 Å². The second kappa shape index (κ2) is 3.69. The molecule has 0 fully saturated rings. The summed E-state index contributed by atoms with van der Waals surface area (Å²) < 4.78 is 46.2. The van der Waals surface area contributed by atoms with Gasteiger partial charge in [0.15, 0.2) is 0 Å². The van der Waals surface area contributed by atoms with E-state index in [1.165, 1.54) is 11.8 Å². The first-order chi connectivity index (χ1) is 4.42. The summed E-state index contributed by atoms with van der Waals surface area (Å²) in [6.07, 6.45) is 2.09. The van der Waals surface area contributed by atoms with Gasteiger partial charge in [-0.2, -0.15) is 16.8 Å². The lowest BCUT2D eigenvalue weighted by Crippen LogP contribution is -1.95. The molecule has 0 saturated carbocycles. The van der Waals surface area contributed by atoms with Gasteiger partial charge in [0.2, 0.25) is 0 Å². The van der Waals surface area contributed by atoms with Crippen LogP contribution in [-0.4, -0.2) is 14.7 Å². The summed E-state index contributed by atoms with van der Waals surface area (Å²) in [5.41, 5.74) is 1.28. The lowest BCUT2D eigenvalue weighted by molar-refractivity contribution is 0.472. The third-order valence-corrected chi connectivity index (χ3v) is 0.970. The first-order valence-corrected chi connectivity index (χ1v) is 4.86. The van der Waals surface area contributed by atoms with Crippen molar-refractivity contribution < 1.29 is 21.0 Å². The van der Waals surface area contributed by atoms with Crippen molar-refractivity contribution in [3.63, 3.8) is 0 Å². The second-order valence-corrected chi connectivity index (χ2v) is 3.50. The highest BCUT2D eigenvalue weighted by Crippen LogP contribution is 2.36. The normalized spacial score (nSPS) is 10.4. The zero-order valence-corrected chi connectivity index (χ0v) is 6.55. The Hall–Kier alpha value is -0.400. The smallest absolute Gasteiger partial charge is 0.327 e. The molecule has 0 spiro atoms. The molecule has 0 aromatic rings. The Balaban J connectivity index is 3.91. The Bertz CT molecular complexity index is 249. The summed E-state index contributed by atoms with van der Waals surface area (Å²) in [4.78, 5) is 0. The molecular formula is C3H3F2O3PS. The monoisotopic (exact) mass is 188 g/mol. The lowest BCUT2D eigenvalue weighted by Gasteiger charge is -1.87. The first kappa shape index (κ1) is 9.60. The Morgan fingerprint density at radius 1 is 1.50 bits per heavy atom. The predicted octanol–water partition coefficient (Wildman–Crippen LogP) is 1.13. The molecule has 3 nitrogen and oxygen atoms in total. The summed E-state index contributed by atoms with van der Waals surface area (Å²) in [6.45, 7) is 0. The van der Waals surface area contributed by atoms with Gasteiger partial charge >= 0.3 is 18.7 Å². The molecule has 0 heterocycles. The molecular weight excluding hydrogens is 185 g/mol. The molecule has 0 bridgehead atoms. The predicted molar refractivity (Wildman–Crippen MR) is 32.8 cm³/mol. The van der Waals surface area contributed by atoms with Gasteiger partial charge in [0, 0.05) is 5.66 Å². The molecule has 0 aliphatic heterocycles. The minimum absolute atomic E-state index is 0.723. The van der Waals surface area contributed by atoms with E-state index in [9.17, 15) is 16.8 Å². The van der Waals surface area contributed by atoms with Crippen LogP contribution in [0, 0.1) is 11.8 Å². The van der Waals surface area contributed by atoms with Crippen molar-refractivity contribution in [1.82, 2.24) is 0 Å². The van der Waals surface area contributed by atoms with E-state index in [4.69, 9.17) is 0 Å². The minimum atomic E-state index is -3.72. The molecule has 10 heavy (non-hydrogen) atoms. The van der Waals surface area contributed by atoms with Crippen molar-refractivity contribution in [2.24, 2.45) is 0 Å². The fourth-order valence-corrected chi connectivity index (χ4v) is 0.498. The van der Waals surface area contributed by atoms with Crippen molar-refractivity contribution in [3.05, 3.63) is 0 Å². The van der Waals surface area contributed by atoms with E-state index in [1.54, 1.807) is 0 Å². The fourth-order valence-electron chi connectivity index (χ4n) is 0.129. The molecule has 0 saturated heterocycles. The molecule has 0 aliphatic carbocycles. The Morgan fingerprint density at radius 2 is 2.00 bits per heavy atom. The molecule has 7 heteroatoms. The third kappa shape index (κ3) is 7.60. The van der Waals surface area contributed by atoms with Gasteiger partial charge in [-0.3, -0.25) is 0 Å². The van der Waals surface area contributed by atoms with Crippen molar-refractivity contribution >= 4 is 18.7 Å². The van der Waals surface area contributed by atoms with Crippen molar-refractivity contribution in [2.45, 2.75) is 0 Å². The highest BCUT2D eigenvalue weighted by Gasteiger charge is 1.99. The van der Waals surface area contributed by atoms with Gasteiger partial charge in [0.1, 0.15) is 6.11 Å². The van der Waals surface area contributed by atoms with E-state index >= 15 is 0 Å². The summed E-state index contributed by atoms with van der Waals surface area (Å²) >= 11 is 0. The van der Waals surface area contributed by atoms with E-state index in [0.717, 1.165) is 6.26 Å². The van der Waals surface area contributed by atoms with Gasteiger partial charge in [0.05, 0.1) is 6.26 Å². The summed E-state index contributed by atoms with van der Waals surface area (Å²) in [5, 5.41) is 0. The summed E-state index contributed by atoms with van der Waals surface area (Å²) in [7, 11) is -7.12. The summed E-state index contributed by atoms with van der Waals surface area (Å²) in [6, 6.07) is 0. The van der Waals surface area contributed by atoms with E-state index in [1.807, 2.05) is 0 Å². The maximum absolute atomic E-state index is 11.2. The lowest BCUT2D eigenvalue weighted by atomic mass is 11.3. The van der Waals surface area contributed by atoms with Gasteiger partial charge in [0.25, 0.3) is 0 Å². The van der Waals surface area contributed by atoms with E-state index in [2.05, 4.69) is 4.18 Å². The molecule has 0 unspecified atom stereocenters. The van der Waals surface area contributed by atoms with Crippen molar-refractivity contribution in [1.29, 1.82) is 0 Å². The quantitative estimate of drug-likeness (QED) is 0.352. The topological polar surface area (TPSA) is 43.4 Å². The van der Waals surface area contributed by atoms with Gasteiger partial charge < -0.3 is 4.18 Å². The van der Waals surface area contributed by atoms with Crippen LogP contribution in [0.5, 0.6) is 0 Å². The SMILES string of the molecule is CS(=O)(=O)OC#CP(F)F. The Morgan fingerprint density at radius 3 is 2.30 bits per heavy atom. The number of halogens is 2. The van der Waals surface area contributed by atoms with E-state index in [0.29, 0.717) is 0 Å². The van der Waals surface area contributed by atoms with Crippen LogP contribution < -0.4 is 0 Å². The number of rotatable bonds is 1. The van der Waals surface area contributed by atoms with Crippen molar-refractivity contribution in [3.8, 4) is 11.8 Å². The highest BCUT2D eigenvalue weighted by molar-refractivity contribution is 7.86. The van der Waals surface area contributed by atoms with E-state index in [-0.39, 0.29) is 0 Å². The average molecular weight is 188 g/mol. The molecule has 58 valence electrons. The van der Waals surface area contributed by atoms with Crippen LogP contribution >= 0.6 is 8.54 Å². The van der Waals surface area contributed by atoms with Gasteiger partial charge in [-0.05, 0) is 0 Å². The molecule has 0 radical (unpaired) electrons. The minimum Gasteiger partial charge on any atom is -0.327 e. The fraction of sp³-hybridized carbons (Fsp3) is 0.333. The molecule has 0 aliphatic rings. The first-order valence-electron chi connectivity index (χ1n) is 1.92. The van der Waals surface area contributed by atoms with Crippen LogP contribution in [0.15, 0.2) is 0 Å². The zero-order chi connectivity index (χ0) is 8.20. The van der Waals surface area contributed by atoms with Gasteiger partial charge in [-0.15, -0.1) is 0 Å². The second-order valence-electron chi connectivity index (χ2n) is 1.23. The van der Waals surface area contributed by atoms with Crippen molar-refractivity contribution in [2.75, 3.05) is 6.26 Å². The molecule has 0 N–H and O–H groups in total. The number of hydrogen-bond donors (Lipinski definition) is 0. The average Bonchev–Trinajstić information content (AvgIpc) is 1.59. The Kier molecular flexibility index (Phi) is 3.54. The van der Waals surface area contributed by atoms with Crippen LogP contribution in [0.1, 0.15) is 0 Å². The van der Waals surface area contributed by atoms with Crippen LogP contribution in [0.2, 0.25) is 0 Å². The maximum atomic E-state index is 11.2.